The van der Waals surface area contributed by atoms with Gasteiger partial charge in [0.15, 0.2) is 6.10 Å². The lowest BCUT2D eigenvalue weighted by Crippen LogP contribution is -2.42. The first-order valence-electron chi connectivity index (χ1n) is 9.96. The van der Waals surface area contributed by atoms with Crippen molar-refractivity contribution in [3.8, 4) is 5.75 Å². The van der Waals surface area contributed by atoms with E-state index in [1.54, 1.807) is 12.1 Å². The number of rotatable bonds is 8. The molecule has 3 atom stereocenters. The van der Waals surface area contributed by atoms with E-state index in [0.29, 0.717) is 30.0 Å². The minimum atomic E-state index is -1.15. The van der Waals surface area contributed by atoms with Gasteiger partial charge in [-0.1, -0.05) is 30.3 Å². The number of aliphatic hydroxyl groups excluding tert-OH is 1. The second-order valence-corrected chi connectivity index (χ2v) is 7.23. The SMILES string of the molecule is Nc1cc(O[C@H]2C[C@@H](O)C[C@@H](C(=O)O)O2)ccc1COC(=O)NCCc1ccccc1. The van der Waals surface area contributed by atoms with E-state index >= 15 is 0 Å². The molecule has 2 aromatic rings. The smallest absolute Gasteiger partial charge is 0.407 e. The molecule has 1 aliphatic rings. The van der Waals surface area contributed by atoms with Gasteiger partial charge in [0.1, 0.15) is 12.4 Å². The van der Waals surface area contributed by atoms with Gasteiger partial charge in [0.25, 0.3) is 0 Å². The normalized spacial score (nSPS) is 20.6. The van der Waals surface area contributed by atoms with Crippen molar-refractivity contribution in [2.45, 2.75) is 44.4 Å². The first-order valence-corrected chi connectivity index (χ1v) is 9.96. The highest BCUT2D eigenvalue weighted by atomic mass is 16.7. The number of carboxylic acid groups (broad SMARTS) is 1. The number of benzene rings is 2. The summed E-state index contributed by atoms with van der Waals surface area (Å²) in [4.78, 5) is 23.0. The van der Waals surface area contributed by atoms with Crippen LogP contribution in [0.4, 0.5) is 10.5 Å². The molecule has 9 heteroatoms. The van der Waals surface area contributed by atoms with Crippen LogP contribution in [0.3, 0.4) is 0 Å². The number of alkyl carbamates (subject to hydrolysis) is 1. The second-order valence-electron chi connectivity index (χ2n) is 7.23. The minimum Gasteiger partial charge on any atom is -0.479 e. The molecule has 5 N–H and O–H groups in total. The number of carbonyl (C=O) groups is 2. The third-order valence-electron chi connectivity index (χ3n) is 4.81. The van der Waals surface area contributed by atoms with Gasteiger partial charge in [-0.05, 0) is 24.1 Å². The molecule has 1 saturated heterocycles. The van der Waals surface area contributed by atoms with Gasteiger partial charge < -0.3 is 35.5 Å². The zero-order valence-corrected chi connectivity index (χ0v) is 16.9. The van der Waals surface area contributed by atoms with Gasteiger partial charge in [-0.2, -0.15) is 0 Å². The van der Waals surface area contributed by atoms with Gasteiger partial charge in [0.05, 0.1) is 6.10 Å². The van der Waals surface area contributed by atoms with Crippen molar-refractivity contribution in [3.63, 3.8) is 0 Å². The van der Waals surface area contributed by atoms with Crippen LogP contribution >= 0.6 is 0 Å². The van der Waals surface area contributed by atoms with Gasteiger partial charge >= 0.3 is 12.1 Å². The Kier molecular flexibility index (Phi) is 7.69. The molecule has 166 valence electrons. The summed E-state index contributed by atoms with van der Waals surface area (Å²) in [6.07, 6.45) is -2.53. The van der Waals surface area contributed by atoms with E-state index in [1.165, 1.54) is 6.07 Å². The Morgan fingerprint density at radius 3 is 2.65 bits per heavy atom. The molecule has 1 heterocycles. The molecule has 0 bridgehead atoms. The molecule has 2 aromatic carbocycles. The largest absolute Gasteiger partial charge is 0.479 e. The fourth-order valence-corrected chi connectivity index (χ4v) is 3.17. The predicted octanol–water partition coefficient (Wildman–Crippen LogP) is 2.07. The van der Waals surface area contributed by atoms with Crippen LogP contribution in [0.15, 0.2) is 48.5 Å². The fraction of sp³-hybridized carbons (Fsp3) is 0.364. The van der Waals surface area contributed by atoms with Gasteiger partial charge in [-0.3, -0.25) is 0 Å². The summed E-state index contributed by atoms with van der Waals surface area (Å²) in [6, 6.07) is 14.6. The summed E-state index contributed by atoms with van der Waals surface area (Å²) in [6.45, 7) is 0.443. The molecule has 1 amide bonds. The van der Waals surface area contributed by atoms with Gasteiger partial charge in [0.2, 0.25) is 6.29 Å². The number of anilines is 1. The lowest BCUT2D eigenvalue weighted by Gasteiger charge is -2.31. The van der Waals surface area contributed by atoms with E-state index in [1.807, 2.05) is 30.3 Å². The molecule has 0 spiro atoms. The maximum Gasteiger partial charge on any atom is 0.407 e. The van der Waals surface area contributed by atoms with E-state index < -0.39 is 30.6 Å². The number of nitrogens with two attached hydrogens (primary N) is 1. The number of carboxylic acids is 1. The number of carbonyl (C=O) groups excluding carboxylic acids is 1. The highest BCUT2D eigenvalue weighted by Crippen LogP contribution is 2.26. The number of ether oxygens (including phenoxy) is 3. The van der Waals surface area contributed by atoms with Crippen molar-refractivity contribution in [2.24, 2.45) is 0 Å². The van der Waals surface area contributed by atoms with E-state index in [9.17, 15) is 14.7 Å². The lowest BCUT2D eigenvalue weighted by atomic mass is 10.1. The zero-order chi connectivity index (χ0) is 22.2. The van der Waals surface area contributed by atoms with E-state index in [-0.39, 0.29) is 19.4 Å². The second kappa shape index (κ2) is 10.6. The van der Waals surface area contributed by atoms with E-state index in [2.05, 4.69) is 5.32 Å². The first-order chi connectivity index (χ1) is 14.9. The van der Waals surface area contributed by atoms with Crippen LogP contribution in [-0.4, -0.2) is 47.3 Å². The van der Waals surface area contributed by atoms with Crippen LogP contribution in [0.25, 0.3) is 0 Å². The lowest BCUT2D eigenvalue weighted by molar-refractivity contribution is -0.195. The number of nitrogens with one attached hydrogen (secondary N) is 1. The summed E-state index contributed by atoms with van der Waals surface area (Å²) in [5.41, 5.74) is 8.08. The predicted molar refractivity (Wildman–Crippen MR) is 111 cm³/mol. The number of hydrogen-bond acceptors (Lipinski definition) is 7. The van der Waals surface area contributed by atoms with Crippen LogP contribution in [-0.2, 0) is 27.3 Å². The third kappa shape index (κ3) is 6.87. The molecule has 1 aliphatic heterocycles. The number of aliphatic carboxylic acids is 1. The molecule has 0 radical (unpaired) electrons. The summed E-state index contributed by atoms with van der Waals surface area (Å²) in [7, 11) is 0. The third-order valence-corrected chi connectivity index (χ3v) is 4.81. The van der Waals surface area contributed by atoms with E-state index in [0.717, 1.165) is 5.56 Å². The highest BCUT2D eigenvalue weighted by molar-refractivity contribution is 5.72. The number of amides is 1. The van der Waals surface area contributed by atoms with Crippen LogP contribution in [0.2, 0.25) is 0 Å². The maximum atomic E-state index is 11.9. The maximum absolute atomic E-state index is 11.9. The fourth-order valence-electron chi connectivity index (χ4n) is 3.17. The number of nitrogen functional groups attached to an aromatic ring is 1. The summed E-state index contributed by atoms with van der Waals surface area (Å²) in [5, 5.41) is 21.6. The molecule has 9 nitrogen and oxygen atoms in total. The Morgan fingerprint density at radius 2 is 1.94 bits per heavy atom. The first kappa shape index (κ1) is 22.4. The molecule has 3 rings (SSSR count). The Balaban J connectivity index is 1.45. The summed E-state index contributed by atoms with van der Waals surface area (Å²) in [5.74, 6) is -0.793. The Hall–Kier alpha value is -3.30. The molecule has 0 aliphatic carbocycles. The molecule has 0 aromatic heterocycles. The van der Waals surface area contributed by atoms with Crippen LogP contribution in [0, 0.1) is 0 Å². The van der Waals surface area contributed by atoms with Crippen molar-refractivity contribution in [1.82, 2.24) is 5.32 Å². The number of hydrogen-bond donors (Lipinski definition) is 4. The molecule has 0 unspecified atom stereocenters. The highest BCUT2D eigenvalue weighted by Gasteiger charge is 2.34. The van der Waals surface area contributed by atoms with Crippen molar-refractivity contribution in [3.05, 3.63) is 59.7 Å². The van der Waals surface area contributed by atoms with Crippen LogP contribution < -0.4 is 15.8 Å². The van der Waals surface area contributed by atoms with Gasteiger partial charge in [-0.25, -0.2) is 9.59 Å². The van der Waals surface area contributed by atoms with Crippen molar-refractivity contribution >= 4 is 17.7 Å². The minimum absolute atomic E-state index is 0.0109. The number of aliphatic hydroxyl groups is 1. The zero-order valence-electron chi connectivity index (χ0n) is 16.9. The standard InChI is InChI=1S/C22H26N2O7/c23-18-12-17(30-20-11-16(25)10-19(31-20)21(26)27)7-6-15(18)13-29-22(28)24-9-8-14-4-2-1-3-5-14/h1-7,12,16,19-20,25H,8-11,13,23H2,(H,24,28)(H,26,27)/t16-,19-,20+/m0/s1. The van der Waals surface area contributed by atoms with Crippen molar-refractivity contribution in [2.75, 3.05) is 12.3 Å². The summed E-state index contributed by atoms with van der Waals surface area (Å²) < 4.78 is 16.2. The Labute approximate surface area is 179 Å². The van der Waals surface area contributed by atoms with Crippen molar-refractivity contribution < 1.29 is 34.0 Å². The van der Waals surface area contributed by atoms with Crippen LogP contribution in [0.1, 0.15) is 24.0 Å². The molecular weight excluding hydrogens is 404 g/mol. The van der Waals surface area contributed by atoms with Crippen molar-refractivity contribution in [1.29, 1.82) is 0 Å². The molecule has 31 heavy (non-hydrogen) atoms. The van der Waals surface area contributed by atoms with E-state index in [4.69, 9.17) is 25.1 Å². The average molecular weight is 430 g/mol. The quantitative estimate of drug-likeness (QED) is 0.467. The average Bonchev–Trinajstić information content (AvgIpc) is 2.73. The molecular formula is C22H26N2O7. The topological polar surface area (TPSA) is 140 Å². The van der Waals surface area contributed by atoms with Crippen LogP contribution in [0.5, 0.6) is 5.75 Å². The monoisotopic (exact) mass is 430 g/mol. The Bertz CT molecular complexity index is 891. The summed E-state index contributed by atoms with van der Waals surface area (Å²) >= 11 is 0. The Morgan fingerprint density at radius 1 is 1.16 bits per heavy atom. The molecule has 0 saturated carbocycles. The van der Waals surface area contributed by atoms with Gasteiger partial charge in [-0.15, -0.1) is 0 Å². The van der Waals surface area contributed by atoms with Gasteiger partial charge in [0, 0.05) is 36.7 Å². The molecule has 1 fully saturated rings.